The highest BCUT2D eigenvalue weighted by Crippen LogP contribution is 2.22. The second kappa shape index (κ2) is 9.05. The molecule has 1 aromatic heterocycles. The molecule has 28 heavy (non-hydrogen) atoms. The standard InChI is InChI=1S/C22H27ClN4O/c23-19(14-18-6-2-1-3-7-18)15-25-16-20(21(28)17-25)26-10-12-27(13-11-26)22-8-4-5-9-24-22/h1-9,14,20-21,28H,10-13,15-17H2/t20-,21-/m0/s1. The predicted molar refractivity (Wildman–Crippen MR) is 115 cm³/mol. The van der Waals surface area contributed by atoms with Crippen LogP contribution in [0, 0.1) is 0 Å². The highest BCUT2D eigenvalue weighted by Gasteiger charge is 2.36. The highest BCUT2D eigenvalue weighted by molar-refractivity contribution is 6.31. The molecule has 5 nitrogen and oxygen atoms in total. The van der Waals surface area contributed by atoms with Crippen molar-refractivity contribution in [3.8, 4) is 0 Å². The molecule has 2 fully saturated rings. The third-order valence-corrected chi connectivity index (χ3v) is 5.82. The van der Waals surface area contributed by atoms with Gasteiger partial charge in [-0.15, -0.1) is 0 Å². The lowest BCUT2D eigenvalue weighted by molar-refractivity contribution is 0.0790. The van der Waals surface area contributed by atoms with Crippen molar-refractivity contribution >= 4 is 23.5 Å². The quantitative estimate of drug-likeness (QED) is 0.838. The van der Waals surface area contributed by atoms with Gasteiger partial charge in [0.2, 0.25) is 0 Å². The lowest BCUT2D eigenvalue weighted by Gasteiger charge is -2.39. The first-order chi connectivity index (χ1) is 13.7. The van der Waals surface area contributed by atoms with E-state index < -0.39 is 0 Å². The second-order valence-electron chi connectivity index (χ2n) is 7.54. The summed E-state index contributed by atoms with van der Waals surface area (Å²) in [6.07, 6.45) is 3.52. The van der Waals surface area contributed by atoms with Crippen molar-refractivity contribution in [1.82, 2.24) is 14.8 Å². The molecule has 0 radical (unpaired) electrons. The molecular weight excluding hydrogens is 372 g/mol. The van der Waals surface area contributed by atoms with E-state index in [9.17, 15) is 5.11 Å². The van der Waals surface area contributed by atoms with Crippen LogP contribution >= 0.6 is 11.6 Å². The average molecular weight is 399 g/mol. The van der Waals surface area contributed by atoms with Crippen LogP contribution in [0.4, 0.5) is 5.82 Å². The smallest absolute Gasteiger partial charge is 0.128 e. The number of rotatable bonds is 5. The number of aliphatic hydroxyl groups is 1. The van der Waals surface area contributed by atoms with Gasteiger partial charge in [-0.25, -0.2) is 4.98 Å². The minimum atomic E-state index is -0.331. The molecule has 1 N–H and O–H groups in total. The summed E-state index contributed by atoms with van der Waals surface area (Å²) in [5.74, 6) is 1.04. The van der Waals surface area contributed by atoms with Crippen LogP contribution in [-0.4, -0.2) is 77.8 Å². The molecule has 1 aromatic carbocycles. The molecule has 148 valence electrons. The van der Waals surface area contributed by atoms with E-state index in [4.69, 9.17) is 11.6 Å². The number of piperazine rings is 1. The molecule has 2 aliphatic rings. The molecule has 0 bridgehead atoms. The molecule has 2 aliphatic heterocycles. The predicted octanol–water partition coefficient (Wildman–Crippen LogP) is 2.53. The lowest BCUT2D eigenvalue weighted by atomic mass is 10.1. The first-order valence-corrected chi connectivity index (χ1v) is 10.3. The Hall–Kier alpha value is -1.92. The van der Waals surface area contributed by atoms with Crippen LogP contribution < -0.4 is 4.90 Å². The maximum atomic E-state index is 10.6. The average Bonchev–Trinajstić information content (AvgIpc) is 3.09. The molecule has 2 saturated heterocycles. The van der Waals surface area contributed by atoms with E-state index >= 15 is 0 Å². The normalized spacial score (nSPS) is 24.6. The number of β-amino-alcohol motifs (C(OH)–C–C–N with tert-alkyl or cyclic N) is 1. The number of nitrogens with zero attached hydrogens (tertiary/aromatic N) is 4. The van der Waals surface area contributed by atoms with Crippen LogP contribution in [0.5, 0.6) is 0 Å². The maximum absolute atomic E-state index is 10.6. The minimum absolute atomic E-state index is 0.173. The summed E-state index contributed by atoms with van der Waals surface area (Å²) in [5, 5.41) is 11.4. The zero-order chi connectivity index (χ0) is 19.3. The third kappa shape index (κ3) is 4.73. The number of anilines is 1. The van der Waals surface area contributed by atoms with Gasteiger partial charge < -0.3 is 10.0 Å². The van der Waals surface area contributed by atoms with Gasteiger partial charge in [0.15, 0.2) is 0 Å². The lowest BCUT2D eigenvalue weighted by Crippen LogP contribution is -2.54. The molecule has 0 unspecified atom stereocenters. The summed E-state index contributed by atoms with van der Waals surface area (Å²) < 4.78 is 0. The summed E-state index contributed by atoms with van der Waals surface area (Å²) in [5.41, 5.74) is 1.11. The fourth-order valence-corrected chi connectivity index (χ4v) is 4.44. The van der Waals surface area contributed by atoms with Gasteiger partial charge in [-0.3, -0.25) is 9.80 Å². The molecule has 0 amide bonds. The molecule has 4 rings (SSSR count). The molecular formula is C22H27ClN4O. The van der Waals surface area contributed by atoms with E-state index in [0.29, 0.717) is 13.1 Å². The highest BCUT2D eigenvalue weighted by atomic mass is 35.5. The molecule has 6 heteroatoms. The molecule has 3 heterocycles. The van der Waals surface area contributed by atoms with Gasteiger partial charge in [0, 0.05) is 63.1 Å². The summed E-state index contributed by atoms with van der Waals surface area (Å²) in [6, 6.07) is 16.3. The van der Waals surface area contributed by atoms with Crippen LogP contribution in [0.3, 0.4) is 0 Å². The van der Waals surface area contributed by atoms with E-state index in [2.05, 4.69) is 25.8 Å². The maximum Gasteiger partial charge on any atom is 0.128 e. The van der Waals surface area contributed by atoms with Crippen molar-refractivity contribution in [2.24, 2.45) is 0 Å². The van der Waals surface area contributed by atoms with Gasteiger partial charge in [-0.05, 0) is 23.8 Å². The minimum Gasteiger partial charge on any atom is -0.390 e. The van der Waals surface area contributed by atoms with Gasteiger partial charge in [0.25, 0.3) is 0 Å². The summed E-state index contributed by atoms with van der Waals surface area (Å²) in [7, 11) is 0. The number of likely N-dealkylation sites (tertiary alicyclic amines) is 1. The van der Waals surface area contributed by atoms with E-state index in [-0.39, 0.29) is 12.1 Å². The zero-order valence-corrected chi connectivity index (χ0v) is 16.7. The van der Waals surface area contributed by atoms with Gasteiger partial charge in [0.1, 0.15) is 5.82 Å². The fourth-order valence-electron chi connectivity index (χ4n) is 4.15. The van der Waals surface area contributed by atoms with Crippen LogP contribution in [-0.2, 0) is 0 Å². The first kappa shape index (κ1) is 19.4. The summed E-state index contributed by atoms with van der Waals surface area (Å²) >= 11 is 6.47. The number of hydrogen-bond donors (Lipinski definition) is 1. The zero-order valence-electron chi connectivity index (χ0n) is 16.0. The van der Waals surface area contributed by atoms with Crippen molar-refractivity contribution in [1.29, 1.82) is 0 Å². The monoisotopic (exact) mass is 398 g/mol. The Balaban J connectivity index is 1.30. The third-order valence-electron chi connectivity index (χ3n) is 5.59. The van der Waals surface area contributed by atoms with E-state index in [0.717, 1.165) is 49.1 Å². The van der Waals surface area contributed by atoms with E-state index in [1.807, 2.05) is 54.7 Å². The van der Waals surface area contributed by atoms with Crippen molar-refractivity contribution in [2.45, 2.75) is 12.1 Å². The number of benzene rings is 1. The van der Waals surface area contributed by atoms with Crippen LogP contribution in [0.15, 0.2) is 59.8 Å². The Bertz CT molecular complexity index is 778. The molecule has 0 saturated carbocycles. The fraction of sp³-hybridized carbons (Fsp3) is 0.409. The van der Waals surface area contributed by atoms with Crippen LogP contribution in [0.1, 0.15) is 5.56 Å². The van der Waals surface area contributed by atoms with Crippen molar-refractivity contribution in [3.05, 3.63) is 65.3 Å². The Morgan fingerprint density at radius 1 is 1.04 bits per heavy atom. The Kier molecular flexibility index (Phi) is 6.27. The number of halogens is 1. The van der Waals surface area contributed by atoms with Gasteiger partial charge in [-0.1, -0.05) is 48.0 Å². The summed E-state index contributed by atoms with van der Waals surface area (Å²) in [6.45, 7) is 5.97. The number of hydrogen-bond acceptors (Lipinski definition) is 5. The van der Waals surface area contributed by atoms with E-state index in [1.165, 1.54) is 0 Å². The SMILES string of the molecule is O[C@H]1CN(CC(Cl)=Cc2ccccc2)C[C@@H]1N1CCN(c2ccccn2)CC1. The second-order valence-corrected chi connectivity index (χ2v) is 8.03. The van der Waals surface area contributed by atoms with Crippen LogP contribution in [0.2, 0.25) is 0 Å². The number of aliphatic hydroxyl groups excluding tert-OH is 1. The van der Waals surface area contributed by atoms with Crippen LogP contribution in [0.25, 0.3) is 6.08 Å². The van der Waals surface area contributed by atoms with Gasteiger partial charge in [0.05, 0.1) is 6.10 Å². The van der Waals surface area contributed by atoms with Gasteiger partial charge in [-0.2, -0.15) is 0 Å². The van der Waals surface area contributed by atoms with Crippen molar-refractivity contribution in [2.75, 3.05) is 50.7 Å². The van der Waals surface area contributed by atoms with E-state index in [1.54, 1.807) is 0 Å². The number of aromatic nitrogens is 1. The van der Waals surface area contributed by atoms with Crippen molar-refractivity contribution in [3.63, 3.8) is 0 Å². The Morgan fingerprint density at radius 2 is 1.79 bits per heavy atom. The Morgan fingerprint density at radius 3 is 2.50 bits per heavy atom. The summed E-state index contributed by atoms with van der Waals surface area (Å²) in [4.78, 5) is 11.4. The first-order valence-electron chi connectivity index (χ1n) is 9.90. The molecule has 0 aliphatic carbocycles. The molecule has 2 aromatic rings. The Labute approximate surface area is 171 Å². The van der Waals surface area contributed by atoms with Gasteiger partial charge >= 0.3 is 0 Å². The topological polar surface area (TPSA) is 42.8 Å². The molecule has 2 atom stereocenters. The largest absolute Gasteiger partial charge is 0.390 e. The number of pyridine rings is 1. The molecule has 0 spiro atoms. The van der Waals surface area contributed by atoms with Crippen molar-refractivity contribution < 1.29 is 5.11 Å².